The molecule has 3 nitrogen and oxygen atoms in total. The lowest BCUT2D eigenvalue weighted by Gasteiger charge is -2.15. The third kappa shape index (κ3) is 11.3. The van der Waals surface area contributed by atoms with Gasteiger partial charge in [-0.2, -0.15) is 0 Å². The molecule has 0 aromatic rings. The molecule has 0 aromatic carbocycles. The zero-order valence-electron chi connectivity index (χ0n) is 6.50. The Bertz CT molecular complexity index is 63.6. The molecule has 0 bridgehead atoms. The molecule has 0 fully saturated rings. The molecule has 10 heavy (non-hydrogen) atoms. The molecule has 1 unspecified atom stereocenters. The average Bonchev–Trinajstić information content (AvgIpc) is 1.65. The molecule has 0 radical (unpaired) electrons. The van der Waals surface area contributed by atoms with Crippen molar-refractivity contribution in [2.75, 3.05) is 20.6 Å². The Morgan fingerprint density at radius 3 is 2.00 bits per heavy atom. The van der Waals surface area contributed by atoms with E-state index in [0.717, 1.165) is 0 Å². The lowest BCUT2D eigenvalue weighted by Crippen LogP contribution is -2.36. The van der Waals surface area contributed by atoms with Crippen LogP contribution >= 0.6 is 24.8 Å². The number of nitrogens with zero attached hydrogens (tertiary/aromatic N) is 1. The van der Waals surface area contributed by atoms with Crippen molar-refractivity contribution in [3.63, 3.8) is 0 Å². The molecular formula is C5H16Cl2N2O. The fourth-order valence-electron chi connectivity index (χ4n) is 0.488. The van der Waals surface area contributed by atoms with Gasteiger partial charge in [-0.3, -0.25) is 5.43 Å². The fourth-order valence-corrected chi connectivity index (χ4v) is 0.488. The summed E-state index contributed by atoms with van der Waals surface area (Å²) in [5.41, 5.74) is 2.87. The molecule has 0 rings (SSSR count). The quantitative estimate of drug-likeness (QED) is 0.629. The van der Waals surface area contributed by atoms with Crippen LogP contribution in [0, 0.1) is 0 Å². The Labute approximate surface area is 74.6 Å². The summed E-state index contributed by atoms with van der Waals surface area (Å²) < 4.78 is 0. The topological polar surface area (TPSA) is 35.5 Å². The normalized spacial score (nSPS) is 11.7. The van der Waals surface area contributed by atoms with E-state index >= 15 is 0 Å². The minimum absolute atomic E-state index is 0. The second kappa shape index (κ2) is 9.46. The van der Waals surface area contributed by atoms with Crippen molar-refractivity contribution >= 4 is 24.8 Å². The molecule has 0 aliphatic carbocycles. The van der Waals surface area contributed by atoms with Crippen molar-refractivity contribution in [1.82, 2.24) is 10.4 Å². The number of nitrogens with one attached hydrogen (secondary N) is 1. The SMILES string of the molecule is CNN(C)CC(C)O.Cl.Cl. The highest BCUT2D eigenvalue weighted by atomic mass is 35.5. The fraction of sp³-hybridized carbons (Fsp3) is 1.00. The first-order chi connectivity index (χ1) is 3.66. The van der Waals surface area contributed by atoms with Crippen LogP contribution in [-0.4, -0.2) is 36.9 Å². The third-order valence-corrected chi connectivity index (χ3v) is 0.920. The summed E-state index contributed by atoms with van der Waals surface area (Å²) in [6.07, 6.45) is -0.257. The summed E-state index contributed by atoms with van der Waals surface area (Å²) in [5.74, 6) is 0. The van der Waals surface area contributed by atoms with Crippen LogP contribution in [-0.2, 0) is 0 Å². The molecule has 2 N–H and O–H groups in total. The lowest BCUT2D eigenvalue weighted by atomic mass is 10.4. The van der Waals surface area contributed by atoms with Crippen molar-refractivity contribution in [1.29, 1.82) is 0 Å². The Morgan fingerprint density at radius 2 is 1.90 bits per heavy atom. The Morgan fingerprint density at radius 1 is 1.50 bits per heavy atom. The summed E-state index contributed by atoms with van der Waals surface area (Å²) in [6.45, 7) is 2.42. The van der Waals surface area contributed by atoms with E-state index in [4.69, 9.17) is 5.11 Å². The van der Waals surface area contributed by atoms with E-state index in [-0.39, 0.29) is 30.9 Å². The van der Waals surface area contributed by atoms with Crippen LogP contribution in [0.4, 0.5) is 0 Å². The van der Waals surface area contributed by atoms with Gasteiger partial charge in [-0.05, 0) is 14.0 Å². The zero-order chi connectivity index (χ0) is 6.57. The molecular weight excluding hydrogens is 175 g/mol. The van der Waals surface area contributed by atoms with Crippen LogP contribution in [0.2, 0.25) is 0 Å². The summed E-state index contributed by atoms with van der Waals surface area (Å²) in [6, 6.07) is 0. The maximum absolute atomic E-state index is 8.77. The molecule has 0 aromatic heterocycles. The summed E-state index contributed by atoms with van der Waals surface area (Å²) in [7, 11) is 3.70. The minimum Gasteiger partial charge on any atom is -0.392 e. The predicted octanol–water partition coefficient (Wildman–Crippen LogP) is 0.277. The van der Waals surface area contributed by atoms with Gasteiger partial charge >= 0.3 is 0 Å². The maximum Gasteiger partial charge on any atom is 0.0652 e. The van der Waals surface area contributed by atoms with Gasteiger partial charge in [-0.1, -0.05) is 0 Å². The van der Waals surface area contributed by atoms with Crippen LogP contribution in [0.25, 0.3) is 0 Å². The molecule has 0 amide bonds. The largest absolute Gasteiger partial charge is 0.392 e. The number of aliphatic hydroxyl groups excluding tert-OH is 1. The second-order valence-electron chi connectivity index (χ2n) is 1.95. The number of halogens is 2. The average molecular weight is 191 g/mol. The van der Waals surface area contributed by atoms with E-state index in [1.54, 1.807) is 6.92 Å². The molecule has 0 aliphatic rings. The highest BCUT2D eigenvalue weighted by molar-refractivity contribution is 5.85. The van der Waals surface area contributed by atoms with Crippen molar-refractivity contribution in [3.8, 4) is 0 Å². The van der Waals surface area contributed by atoms with Gasteiger partial charge in [0.15, 0.2) is 0 Å². The highest BCUT2D eigenvalue weighted by Gasteiger charge is 1.97. The van der Waals surface area contributed by atoms with Crippen LogP contribution in [0.3, 0.4) is 0 Å². The minimum atomic E-state index is -0.257. The van der Waals surface area contributed by atoms with Gasteiger partial charge in [-0.25, -0.2) is 5.01 Å². The van der Waals surface area contributed by atoms with Crippen molar-refractivity contribution < 1.29 is 5.11 Å². The van der Waals surface area contributed by atoms with E-state index in [9.17, 15) is 0 Å². The van der Waals surface area contributed by atoms with E-state index in [0.29, 0.717) is 6.54 Å². The summed E-state index contributed by atoms with van der Waals surface area (Å²) >= 11 is 0. The predicted molar refractivity (Wildman–Crippen MR) is 47.9 cm³/mol. The Balaban J connectivity index is -0.000000245. The number of hydrogen-bond donors (Lipinski definition) is 2. The number of hydrogen-bond acceptors (Lipinski definition) is 3. The maximum atomic E-state index is 8.77. The molecule has 0 saturated carbocycles. The molecule has 5 heteroatoms. The van der Waals surface area contributed by atoms with Crippen LogP contribution in [0.15, 0.2) is 0 Å². The molecule has 0 saturated heterocycles. The molecule has 0 aliphatic heterocycles. The standard InChI is InChI=1S/C5H14N2O.2ClH/c1-5(8)4-7(3)6-2;;/h5-6,8H,4H2,1-3H3;2*1H. The van der Waals surface area contributed by atoms with Gasteiger partial charge < -0.3 is 5.11 Å². The molecule has 1 atom stereocenters. The van der Waals surface area contributed by atoms with E-state index < -0.39 is 0 Å². The molecule has 0 heterocycles. The van der Waals surface area contributed by atoms with E-state index in [2.05, 4.69) is 5.43 Å². The number of hydrazine groups is 1. The van der Waals surface area contributed by atoms with Crippen LogP contribution < -0.4 is 5.43 Å². The summed E-state index contributed by atoms with van der Waals surface area (Å²) in [5, 5.41) is 10.6. The second-order valence-corrected chi connectivity index (χ2v) is 1.95. The molecule has 0 spiro atoms. The number of likely N-dealkylation sites (N-methyl/N-ethyl adjacent to an activating group) is 1. The van der Waals surface area contributed by atoms with Crippen molar-refractivity contribution in [2.24, 2.45) is 0 Å². The highest BCUT2D eigenvalue weighted by Crippen LogP contribution is 1.80. The Kier molecular flexibility index (Phi) is 15.9. The smallest absolute Gasteiger partial charge is 0.0652 e. The lowest BCUT2D eigenvalue weighted by molar-refractivity contribution is 0.120. The first-order valence-electron chi connectivity index (χ1n) is 2.73. The van der Waals surface area contributed by atoms with Crippen LogP contribution in [0.1, 0.15) is 6.92 Å². The van der Waals surface area contributed by atoms with Crippen molar-refractivity contribution in [3.05, 3.63) is 0 Å². The van der Waals surface area contributed by atoms with Gasteiger partial charge in [-0.15, -0.1) is 24.8 Å². The van der Waals surface area contributed by atoms with E-state index in [1.807, 2.05) is 19.1 Å². The monoisotopic (exact) mass is 190 g/mol. The van der Waals surface area contributed by atoms with Crippen molar-refractivity contribution in [2.45, 2.75) is 13.0 Å². The number of aliphatic hydroxyl groups is 1. The van der Waals surface area contributed by atoms with Gasteiger partial charge in [0.1, 0.15) is 0 Å². The summed E-state index contributed by atoms with van der Waals surface area (Å²) in [4.78, 5) is 0. The van der Waals surface area contributed by atoms with Crippen LogP contribution in [0.5, 0.6) is 0 Å². The van der Waals surface area contributed by atoms with Gasteiger partial charge in [0.2, 0.25) is 0 Å². The zero-order valence-corrected chi connectivity index (χ0v) is 8.13. The number of rotatable bonds is 3. The van der Waals surface area contributed by atoms with Gasteiger partial charge in [0.05, 0.1) is 6.10 Å². The first kappa shape index (κ1) is 16.8. The third-order valence-electron chi connectivity index (χ3n) is 0.920. The molecule has 66 valence electrons. The Hall–Kier alpha value is 0.460. The first-order valence-corrected chi connectivity index (χ1v) is 2.73. The van der Waals surface area contributed by atoms with E-state index in [1.165, 1.54) is 0 Å². The van der Waals surface area contributed by atoms with Gasteiger partial charge in [0.25, 0.3) is 0 Å². The van der Waals surface area contributed by atoms with Gasteiger partial charge in [0, 0.05) is 13.6 Å².